The second-order valence-electron chi connectivity index (χ2n) is 4.78. The van der Waals surface area contributed by atoms with Crippen LogP contribution in [0, 0.1) is 0 Å². The zero-order chi connectivity index (χ0) is 15.0. The van der Waals surface area contributed by atoms with Gasteiger partial charge < -0.3 is 5.11 Å². The van der Waals surface area contributed by atoms with Gasteiger partial charge in [0.05, 0.1) is 23.7 Å². The molecule has 1 aromatic heterocycles. The summed E-state index contributed by atoms with van der Waals surface area (Å²) in [7, 11) is -3.53. The molecule has 0 unspecified atom stereocenters. The Hall–Kier alpha value is -1.48. The molecular weight excluding hydrogens is 316 g/mol. The summed E-state index contributed by atoms with van der Waals surface area (Å²) in [5, 5.41) is 17.0. The zero-order valence-electron chi connectivity index (χ0n) is 10.9. The third-order valence-electron chi connectivity index (χ3n) is 3.36. The van der Waals surface area contributed by atoms with Crippen molar-refractivity contribution in [3.05, 3.63) is 41.2 Å². The highest BCUT2D eigenvalue weighted by Gasteiger charge is 2.38. The Balaban J connectivity index is 1.73. The first kappa shape index (κ1) is 14.5. The van der Waals surface area contributed by atoms with Gasteiger partial charge >= 0.3 is 0 Å². The van der Waals surface area contributed by atoms with E-state index in [-0.39, 0.29) is 17.5 Å². The first-order valence-corrected chi connectivity index (χ1v) is 8.10. The maximum Gasteiger partial charge on any atom is 0.243 e. The molecule has 7 nitrogen and oxygen atoms in total. The summed E-state index contributed by atoms with van der Waals surface area (Å²) in [6, 6.07) is 6.13. The summed E-state index contributed by atoms with van der Waals surface area (Å²) < 4.78 is 27.7. The molecule has 1 aromatic carbocycles. The lowest BCUT2D eigenvalue weighted by Gasteiger charge is -2.37. The molecule has 0 atom stereocenters. The predicted octanol–water partition coefficient (Wildman–Crippen LogP) is 0.669. The van der Waals surface area contributed by atoms with E-state index >= 15 is 0 Å². The molecule has 2 aromatic rings. The van der Waals surface area contributed by atoms with Crippen molar-refractivity contribution in [2.45, 2.75) is 17.5 Å². The van der Waals surface area contributed by atoms with Crippen LogP contribution in [0.5, 0.6) is 0 Å². The molecule has 0 bridgehead atoms. The highest BCUT2D eigenvalue weighted by Crippen LogP contribution is 2.28. The second-order valence-corrected chi connectivity index (χ2v) is 7.16. The number of hydrogen-bond acceptors (Lipinski definition) is 5. The summed E-state index contributed by atoms with van der Waals surface area (Å²) in [5.74, 6) is 0. The first-order valence-electron chi connectivity index (χ1n) is 6.28. The van der Waals surface area contributed by atoms with Crippen LogP contribution >= 0.6 is 11.6 Å². The maximum atomic E-state index is 12.4. The van der Waals surface area contributed by atoms with E-state index in [0.717, 1.165) is 0 Å². The quantitative estimate of drug-likeness (QED) is 0.891. The number of aliphatic hydroxyl groups excluding tert-OH is 1. The van der Waals surface area contributed by atoms with Crippen molar-refractivity contribution in [2.24, 2.45) is 0 Å². The molecule has 9 heteroatoms. The van der Waals surface area contributed by atoms with Crippen LogP contribution in [0.15, 0.2) is 35.4 Å². The van der Waals surface area contributed by atoms with Crippen LogP contribution < -0.4 is 0 Å². The first-order chi connectivity index (χ1) is 10.0. The molecule has 21 heavy (non-hydrogen) atoms. The Bertz CT molecular complexity index is 755. The van der Waals surface area contributed by atoms with E-state index < -0.39 is 10.0 Å². The molecule has 1 aliphatic heterocycles. The van der Waals surface area contributed by atoms with Crippen molar-refractivity contribution >= 4 is 21.6 Å². The molecule has 0 saturated carbocycles. The minimum Gasteiger partial charge on any atom is -0.390 e. The number of aliphatic hydroxyl groups is 1. The third kappa shape index (κ3) is 2.67. The Labute approximate surface area is 126 Å². The normalized spacial score (nSPS) is 16.9. The summed E-state index contributed by atoms with van der Waals surface area (Å²) in [6.07, 6.45) is 1.62. The molecule has 0 spiro atoms. The number of sulfonamides is 1. The summed E-state index contributed by atoms with van der Waals surface area (Å²) >= 11 is 5.83. The van der Waals surface area contributed by atoms with Crippen molar-refractivity contribution in [2.75, 3.05) is 13.1 Å². The minimum atomic E-state index is -3.53. The van der Waals surface area contributed by atoms with Crippen molar-refractivity contribution in [1.29, 1.82) is 0 Å². The molecule has 1 N–H and O–H groups in total. The summed E-state index contributed by atoms with van der Waals surface area (Å²) in [4.78, 5) is 0.183. The Morgan fingerprint density at radius 3 is 2.76 bits per heavy atom. The maximum absolute atomic E-state index is 12.4. The lowest BCUT2D eigenvalue weighted by Crippen LogP contribution is -2.50. The smallest absolute Gasteiger partial charge is 0.243 e. The Morgan fingerprint density at radius 2 is 2.14 bits per heavy atom. The van der Waals surface area contributed by atoms with Crippen LogP contribution in [-0.2, 0) is 16.6 Å². The van der Waals surface area contributed by atoms with E-state index in [4.69, 9.17) is 16.7 Å². The van der Waals surface area contributed by atoms with Crippen molar-refractivity contribution in [3.8, 4) is 0 Å². The van der Waals surface area contributed by atoms with Crippen molar-refractivity contribution < 1.29 is 13.5 Å². The van der Waals surface area contributed by atoms with Crippen LogP contribution in [0.2, 0.25) is 5.02 Å². The fraction of sp³-hybridized carbons (Fsp3) is 0.333. The van der Waals surface area contributed by atoms with Crippen LogP contribution in [-0.4, -0.2) is 45.9 Å². The summed E-state index contributed by atoms with van der Waals surface area (Å²) in [6.45, 7) is 0.462. The van der Waals surface area contributed by atoms with Gasteiger partial charge in [0.1, 0.15) is 5.69 Å². The average Bonchev–Trinajstić information content (AvgIpc) is 2.85. The fourth-order valence-corrected chi connectivity index (χ4v) is 3.94. The van der Waals surface area contributed by atoms with E-state index in [0.29, 0.717) is 23.8 Å². The SMILES string of the molecule is O=S(=O)(c1cccc(Cl)c1)N1CC(n2cc(CO)nn2)C1. The van der Waals surface area contributed by atoms with E-state index in [2.05, 4.69) is 10.3 Å². The van der Waals surface area contributed by atoms with E-state index in [1.165, 1.54) is 16.4 Å². The van der Waals surface area contributed by atoms with Crippen LogP contribution in [0.25, 0.3) is 0 Å². The van der Waals surface area contributed by atoms with Gasteiger partial charge in [-0.25, -0.2) is 13.1 Å². The molecule has 112 valence electrons. The van der Waals surface area contributed by atoms with Gasteiger partial charge in [-0.15, -0.1) is 5.10 Å². The van der Waals surface area contributed by atoms with Gasteiger partial charge in [-0.05, 0) is 18.2 Å². The number of hydrogen-bond donors (Lipinski definition) is 1. The molecule has 1 fully saturated rings. The van der Waals surface area contributed by atoms with Gasteiger partial charge in [0.2, 0.25) is 10.0 Å². The van der Waals surface area contributed by atoms with E-state index in [9.17, 15) is 8.42 Å². The third-order valence-corrected chi connectivity index (χ3v) is 5.42. The molecular formula is C12H13ClN4O3S. The Kier molecular flexibility index (Phi) is 3.70. The number of nitrogens with zero attached hydrogens (tertiary/aromatic N) is 4. The average molecular weight is 329 g/mol. The van der Waals surface area contributed by atoms with Gasteiger partial charge in [-0.2, -0.15) is 4.31 Å². The monoisotopic (exact) mass is 328 g/mol. The van der Waals surface area contributed by atoms with Gasteiger partial charge in [0.25, 0.3) is 0 Å². The van der Waals surface area contributed by atoms with Crippen LogP contribution in [0.4, 0.5) is 0 Å². The van der Waals surface area contributed by atoms with E-state index in [1.807, 2.05) is 0 Å². The number of rotatable bonds is 4. The molecule has 0 amide bonds. The highest BCUT2D eigenvalue weighted by atomic mass is 35.5. The van der Waals surface area contributed by atoms with Crippen LogP contribution in [0.1, 0.15) is 11.7 Å². The lowest BCUT2D eigenvalue weighted by atomic mass is 10.2. The van der Waals surface area contributed by atoms with Crippen LogP contribution in [0.3, 0.4) is 0 Å². The predicted molar refractivity (Wildman–Crippen MR) is 75.2 cm³/mol. The molecule has 1 saturated heterocycles. The molecule has 0 aliphatic carbocycles. The lowest BCUT2D eigenvalue weighted by molar-refractivity contribution is 0.188. The number of halogens is 1. The summed E-state index contributed by atoms with van der Waals surface area (Å²) in [5.41, 5.74) is 0.464. The zero-order valence-corrected chi connectivity index (χ0v) is 12.5. The standard InChI is InChI=1S/C12H13ClN4O3S/c13-9-2-1-3-12(4-9)21(19,20)16-6-11(7-16)17-5-10(8-18)14-15-17/h1-5,11,18H,6-8H2. The molecule has 2 heterocycles. The van der Waals surface area contributed by atoms with Gasteiger partial charge in [0, 0.05) is 18.1 Å². The largest absolute Gasteiger partial charge is 0.390 e. The van der Waals surface area contributed by atoms with Gasteiger partial charge in [-0.1, -0.05) is 22.9 Å². The van der Waals surface area contributed by atoms with Gasteiger partial charge in [-0.3, -0.25) is 0 Å². The molecule has 0 radical (unpaired) electrons. The number of benzene rings is 1. The van der Waals surface area contributed by atoms with Crippen molar-refractivity contribution in [1.82, 2.24) is 19.3 Å². The topological polar surface area (TPSA) is 88.3 Å². The minimum absolute atomic E-state index is 0.0632. The Morgan fingerprint density at radius 1 is 1.38 bits per heavy atom. The second kappa shape index (κ2) is 5.38. The number of aromatic nitrogens is 3. The van der Waals surface area contributed by atoms with Crippen molar-refractivity contribution in [3.63, 3.8) is 0 Å². The van der Waals surface area contributed by atoms with Gasteiger partial charge in [0.15, 0.2) is 0 Å². The molecule has 1 aliphatic rings. The molecule has 3 rings (SSSR count). The van der Waals surface area contributed by atoms with E-state index in [1.54, 1.807) is 23.0 Å². The highest BCUT2D eigenvalue weighted by molar-refractivity contribution is 7.89. The fourth-order valence-electron chi connectivity index (χ4n) is 2.12.